The van der Waals surface area contributed by atoms with Crippen LogP contribution in [-0.4, -0.2) is 38.0 Å². The van der Waals surface area contributed by atoms with Crippen LogP contribution in [0.5, 0.6) is 0 Å². The molecule has 1 aliphatic rings. The summed E-state index contributed by atoms with van der Waals surface area (Å²) < 4.78 is 15.6. The first-order chi connectivity index (χ1) is 13.9. The Labute approximate surface area is 167 Å². The summed E-state index contributed by atoms with van der Waals surface area (Å²) in [6.07, 6.45) is 2.39. The molecule has 148 valence electrons. The molecule has 3 heterocycles. The van der Waals surface area contributed by atoms with Crippen LogP contribution in [0.15, 0.2) is 42.6 Å². The van der Waals surface area contributed by atoms with Crippen molar-refractivity contribution in [1.29, 1.82) is 0 Å². The summed E-state index contributed by atoms with van der Waals surface area (Å²) in [4.78, 5) is 31.4. The molecule has 8 heteroatoms. The maximum atomic E-state index is 14.2. The number of rotatable bonds is 3. The van der Waals surface area contributed by atoms with Crippen LogP contribution in [-0.2, 0) is 20.0 Å². The molecule has 0 saturated carbocycles. The molecule has 1 N–H and O–H groups in total. The molecule has 0 radical (unpaired) electrons. The fraction of sp³-hybridized carbons (Fsp3) is 0.238. The summed E-state index contributed by atoms with van der Waals surface area (Å²) in [6.45, 7) is 2.71. The minimum absolute atomic E-state index is 0.189. The zero-order valence-electron chi connectivity index (χ0n) is 16.1. The van der Waals surface area contributed by atoms with E-state index < -0.39 is 11.7 Å². The fourth-order valence-electron chi connectivity index (χ4n) is 3.53. The molecule has 0 spiro atoms. The molecule has 2 aromatic heterocycles. The van der Waals surface area contributed by atoms with Crippen molar-refractivity contribution < 1.29 is 14.0 Å². The molecule has 0 saturated heterocycles. The highest BCUT2D eigenvalue weighted by Gasteiger charge is 2.23. The van der Waals surface area contributed by atoms with E-state index in [1.807, 2.05) is 12.1 Å². The van der Waals surface area contributed by atoms with Crippen molar-refractivity contribution in [3.8, 4) is 0 Å². The number of carbonyl (C=O) groups is 2. The second kappa shape index (κ2) is 7.46. The number of hydrogen-bond acceptors (Lipinski definition) is 4. The standard InChI is InChI=1S/C21H20FN5O2/c1-13-8-19(26(2)25-13)20(28)24-17-10-15(9-16(22)11-17)21(29)27-7-5-18-14(12-27)4-3-6-23-18/h3-4,6,8-11H,5,7,12H2,1-2H3,(H,24,28). The number of amides is 2. The van der Waals surface area contributed by atoms with E-state index in [9.17, 15) is 14.0 Å². The molecule has 0 atom stereocenters. The predicted molar refractivity (Wildman–Crippen MR) is 105 cm³/mol. The number of hydrogen-bond donors (Lipinski definition) is 1. The van der Waals surface area contributed by atoms with Crippen LogP contribution < -0.4 is 5.32 Å². The molecule has 1 aromatic carbocycles. The Morgan fingerprint density at radius 2 is 2.03 bits per heavy atom. The van der Waals surface area contributed by atoms with E-state index in [1.165, 1.54) is 22.9 Å². The maximum Gasteiger partial charge on any atom is 0.273 e. The third-order valence-electron chi connectivity index (χ3n) is 4.89. The van der Waals surface area contributed by atoms with Gasteiger partial charge in [0.25, 0.3) is 11.8 Å². The molecule has 0 fully saturated rings. The molecule has 0 aliphatic carbocycles. The molecule has 0 bridgehead atoms. The van der Waals surface area contributed by atoms with Gasteiger partial charge in [-0.3, -0.25) is 19.3 Å². The summed E-state index contributed by atoms with van der Waals surface area (Å²) in [5.41, 5.74) is 3.43. The lowest BCUT2D eigenvalue weighted by Gasteiger charge is -2.28. The monoisotopic (exact) mass is 393 g/mol. The van der Waals surface area contributed by atoms with Crippen molar-refractivity contribution in [2.24, 2.45) is 7.05 Å². The number of aryl methyl sites for hydroxylation is 2. The van der Waals surface area contributed by atoms with E-state index in [0.717, 1.165) is 11.3 Å². The van der Waals surface area contributed by atoms with E-state index in [4.69, 9.17) is 0 Å². The summed E-state index contributed by atoms with van der Waals surface area (Å²) in [6, 6.07) is 9.28. The molecule has 3 aromatic rings. The normalized spacial score (nSPS) is 13.1. The Morgan fingerprint density at radius 1 is 1.21 bits per heavy atom. The Bertz CT molecular complexity index is 1110. The average Bonchev–Trinajstić information content (AvgIpc) is 3.04. The molecule has 7 nitrogen and oxygen atoms in total. The number of pyridine rings is 1. The van der Waals surface area contributed by atoms with Crippen molar-refractivity contribution in [2.75, 3.05) is 11.9 Å². The highest BCUT2D eigenvalue weighted by molar-refractivity contribution is 6.04. The number of benzene rings is 1. The van der Waals surface area contributed by atoms with Gasteiger partial charge >= 0.3 is 0 Å². The second-order valence-electron chi connectivity index (χ2n) is 7.06. The van der Waals surface area contributed by atoms with Crippen molar-refractivity contribution in [1.82, 2.24) is 19.7 Å². The number of halogens is 1. The molecular weight excluding hydrogens is 373 g/mol. The topological polar surface area (TPSA) is 80.1 Å². The van der Waals surface area contributed by atoms with Crippen LogP contribution in [0.25, 0.3) is 0 Å². The summed E-state index contributed by atoms with van der Waals surface area (Å²) in [7, 11) is 1.66. The number of nitrogens with one attached hydrogen (secondary N) is 1. The van der Waals surface area contributed by atoms with Gasteiger partial charge in [0.15, 0.2) is 0 Å². The van der Waals surface area contributed by atoms with E-state index in [-0.39, 0.29) is 17.2 Å². The first-order valence-electron chi connectivity index (χ1n) is 9.25. The highest BCUT2D eigenvalue weighted by Crippen LogP contribution is 2.21. The van der Waals surface area contributed by atoms with Crippen molar-refractivity contribution >= 4 is 17.5 Å². The minimum atomic E-state index is -0.591. The molecule has 0 unspecified atom stereocenters. The van der Waals surface area contributed by atoms with Gasteiger partial charge in [-0.1, -0.05) is 6.07 Å². The number of aromatic nitrogens is 3. The van der Waals surface area contributed by atoms with Crippen LogP contribution in [0.2, 0.25) is 0 Å². The molecule has 2 amide bonds. The summed E-state index contributed by atoms with van der Waals surface area (Å²) in [5, 5.41) is 6.78. The number of fused-ring (bicyclic) bond motifs is 1. The number of nitrogens with zero attached hydrogens (tertiary/aromatic N) is 4. The van der Waals surface area contributed by atoms with Gasteiger partial charge in [0.2, 0.25) is 0 Å². The molecule has 29 heavy (non-hydrogen) atoms. The van der Waals surface area contributed by atoms with Crippen LogP contribution in [0.4, 0.5) is 10.1 Å². The Balaban J connectivity index is 1.55. The van der Waals surface area contributed by atoms with Crippen molar-refractivity contribution in [3.05, 3.63) is 76.6 Å². The minimum Gasteiger partial charge on any atom is -0.334 e. The summed E-state index contributed by atoms with van der Waals surface area (Å²) >= 11 is 0. The van der Waals surface area contributed by atoms with Crippen LogP contribution in [0, 0.1) is 12.7 Å². The molecular formula is C21H20FN5O2. The van der Waals surface area contributed by atoms with Crippen molar-refractivity contribution in [3.63, 3.8) is 0 Å². The van der Waals surface area contributed by atoms with Gasteiger partial charge in [0, 0.05) is 49.7 Å². The van der Waals surface area contributed by atoms with E-state index in [1.54, 1.807) is 31.1 Å². The van der Waals surface area contributed by atoms with Crippen molar-refractivity contribution in [2.45, 2.75) is 19.9 Å². The van der Waals surface area contributed by atoms with Crippen LogP contribution in [0.3, 0.4) is 0 Å². The fourth-order valence-corrected chi connectivity index (χ4v) is 3.53. The third-order valence-corrected chi connectivity index (χ3v) is 4.89. The van der Waals surface area contributed by atoms with Gasteiger partial charge in [-0.2, -0.15) is 5.10 Å². The number of carbonyl (C=O) groups excluding carboxylic acids is 2. The first kappa shape index (κ1) is 18.8. The van der Waals surface area contributed by atoms with E-state index in [2.05, 4.69) is 15.4 Å². The lowest BCUT2D eigenvalue weighted by Crippen LogP contribution is -2.36. The van der Waals surface area contributed by atoms with Gasteiger partial charge in [0.1, 0.15) is 11.5 Å². The largest absolute Gasteiger partial charge is 0.334 e. The maximum absolute atomic E-state index is 14.2. The summed E-state index contributed by atoms with van der Waals surface area (Å²) in [5.74, 6) is -1.30. The smallest absolute Gasteiger partial charge is 0.273 e. The second-order valence-corrected chi connectivity index (χ2v) is 7.06. The number of anilines is 1. The van der Waals surface area contributed by atoms with Gasteiger partial charge in [-0.15, -0.1) is 0 Å². The quantitative estimate of drug-likeness (QED) is 0.742. The zero-order chi connectivity index (χ0) is 20.5. The van der Waals surface area contributed by atoms with Gasteiger partial charge in [-0.25, -0.2) is 4.39 Å². The Kier molecular flexibility index (Phi) is 4.84. The van der Waals surface area contributed by atoms with E-state index >= 15 is 0 Å². The average molecular weight is 393 g/mol. The van der Waals surface area contributed by atoms with Crippen LogP contribution in [0.1, 0.15) is 37.8 Å². The van der Waals surface area contributed by atoms with Gasteiger partial charge < -0.3 is 10.2 Å². The zero-order valence-corrected chi connectivity index (χ0v) is 16.1. The predicted octanol–water partition coefficient (Wildman–Crippen LogP) is 2.71. The Hall–Kier alpha value is -3.55. The lowest BCUT2D eigenvalue weighted by molar-refractivity contribution is 0.0732. The van der Waals surface area contributed by atoms with E-state index in [0.29, 0.717) is 30.9 Å². The third kappa shape index (κ3) is 3.87. The molecule has 4 rings (SSSR count). The first-order valence-corrected chi connectivity index (χ1v) is 9.25. The van der Waals surface area contributed by atoms with Gasteiger partial charge in [0.05, 0.1) is 5.69 Å². The van der Waals surface area contributed by atoms with Crippen LogP contribution >= 0.6 is 0 Å². The molecule has 1 aliphatic heterocycles. The van der Waals surface area contributed by atoms with Gasteiger partial charge in [-0.05, 0) is 42.8 Å². The highest BCUT2D eigenvalue weighted by atomic mass is 19.1. The SMILES string of the molecule is Cc1cc(C(=O)Nc2cc(F)cc(C(=O)N3CCc4ncccc4C3)c2)n(C)n1. The lowest BCUT2D eigenvalue weighted by atomic mass is 10.0. The Morgan fingerprint density at radius 3 is 2.79 bits per heavy atom.